The molecule has 0 aliphatic rings. The van der Waals surface area contributed by atoms with Crippen molar-refractivity contribution in [3.05, 3.63) is 63.0 Å². The number of phenolic OH excluding ortho intramolecular Hbond substituents is 2. The Kier molecular flexibility index (Phi) is 6.62. The lowest BCUT2D eigenvalue weighted by molar-refractivity contribution is 0.0559. The van der Waals surface area contributed by atoms with E-state index in [1.54, 1.807) is 13.8 Å². The standard InChI is InChI=1S/C29H32O7/c1-15(2)8-7-9-16(3)10-11-17-24-21(13-19(30)28(17)34-6)35-22-14-20-18(26(31)25(22)27(24)32)12-23(36-20)29(4,5)33/h8,10,12-14,30-31,33H,7,9,11H2,1-6H3/b16-10+. The normalized spacial score (nSPS) is 12.6. The maximum absolute atomic E-state index is 13.8. The fourth-order valence-corrected chi connectivity index (χ4v) is 4.38. The zero-order valence-electron chi connectivity index (χ0n) is 21.5. The molecule has 0 aliphatic heterocycles. The number of rotatable bonds is 7. The lowest BCUT2D eigenvalue weighted by atomic mass is 9.99. The molecule has 0 aliphatic carbocycles. The molecule has 0 saturated carbocycles. The Balaban J connectivity index is 1.95. The van der Waals surface area contributed by atoms with Gasteiger partial charge in [-0.1, -0.05) is 23.3 Å². The Morgan fingerprint density at radius 2 is 1.69 bits per heavy atom. The highest BCUT2D eigenvalue weighted by Crippen LogP contribution is 2.41. The van der Waals surface area contributed by atoms with E-state index in [2.05, 4.69) is 19.9 Å². The predicted octanol–water partition coefficient (Wildman–Crippen LogP) is 6.57. The second-order valence-corrected chi connectivity index (χ2v) is 9.97. The van der Waals surface area contributed by atoms with Gasteiger partial charge in [-0.15, -0.1) is 0 Å². The number of aliphatic hydroxyl groups is 1. The molecule has 190 valence electrons. The Bertz CT molecular complexity index is 1590. The molecule has 0 amide bonds. The van der Waals surface area contributed by atoms with Crippen molar-refractivity contribution in [1.29, 1.82) is 0 Å². The number of fused-ring (bicyclic) bond motifs is 3. The summed E-state index contributed by atoms with van der Waals surface area (Å²) in [5, 5.41) is 32.5. The summed E-state index contributed by atoms with van der Waals surface area (Å²) < 4.78 is 17.2. The van der Waals surface area contributed by atoms with E-state index in [1.165, 1.54) is 30.9 Å². The van der Waals surface area contributed by atoms with Crippen LogP contribution in [0.3, 0.4) is 0 Å². The van der Waals surface area contributed by atoms with Gasteiger partial charge in [-0.2, -0.15) is 0 Å². The number of benzene rings is 2. The van der Waals surface area contributed by atoms with Gasteiger partial charge in [0.1, 0.15) is 39.2 Å². The number of ether oxygens (including phenoxy) is 1. The number of phenols is 2. The van der Waals surface area contributed by atoms with E-state index in [9.17, 15) is 20.1 Å². The third-order valence-electron chi connectivity index (χ3n) is 6.31. The van der Waals surface area contributed by atoms with Crippen LogP contribution >= 0.6 is 0 Å². The van der Waals surface area contributed by atoms with E-state index in [0.29, 0.717) is 17.4 Å². The fraction of sp³-hybridized carbons (Fsp3) is 0.345. The van der Waals surface area contributed by atoms with Gasteiger partial charge in [0.25, 0.3) is 0 Å². The molecule has 0 bridgehead atoms. The number of aromatic hydroxyl groups is 2. The smallest absolute Gasteiger partial charge is 0.204 e. The fourth-order valence-electron chi connectivity index (χ4n) is 4.38. The van der Waals surface area contributed by atoms with E-state index in [4.69, 9.17) is 13.6 Å². The minimum absolute atomic E-state index is 0.00338. The van der Waals surface area contributed by atoms with Crippen molar-refractivity contribution in [2.45, 2.75) is 59.5 Å². The Morgan fingerprint density at radius 3 is 2.33 bits per heavy atom. The second-order valence-electron chi connectivity index (χ2n) is 9.97. The molecule has 7 heteroatoms. The van der Waals surface area contributed by atoms with Crippen molar-refractivity contribution in [3.8, 4) is 17.2 Å². The van der Waals surface area contributed by atoms with Gasteiger partial charge in [-0.05, 0) is 59.9 Å². The predicted molar refractivity (Wildman–Crippen MR) is 141 cm³/mol. The van der Waals surface area contributed by atoms with Crippen LogP contribution in [0.5, 0.6) is 17.2 Å². The molecule has 0 spiro atoms. The molecule has 0 fully saturated rings. The Hall–Kier alpha value is -3.71. The second kappa shape index (κ2) is 9.39. The van der Waals surface area contributed by atoms with Gasteiger partial charge in [0, 0.05) is 17.7 Å². The highest BCUT2D eigenvalue weighted by molar-refractivity contribution is 6.05. The molecule has 3 N–H and O–H groups in total. The first-order chi connectivity index (χ1) is 16.9. The summed E-state index contributed by atoms with van der Waals surface area (Å²) in [5.41, 5.74) is 1.71. The van der Waals surface area contributed by atoms with E-state index in [-0.39, 0.29) is 50.5 Å². The summed E-state index contributed by atoms with van der Waals surface area (Å²) >= 11 is 0. The summed E-state index contributed by atoms with van der Waals surface area (Å²) in [7, 11) is 1.43. The summed E-state index contributed by atoms with van der Waals surface area (Å²) in [6.45, 7) is 9.27. The van der Waals surface area contributed by atoms with Crippen LogP contribution in [0, 0.1) is 0 Å². The average Bonchev–Trinajstić information content (AvgIpc) is 3.22. The van der Waals surface area contributed by atoms with Crippen molar-refractivity contribution in [1.82, 2.24) is 0 Å². The molecular weight excluding hydrogens is 460 g/mol. The molecule has 4 aromatic rings. The first-order valence-corrected chi connectivity index (χ1v) is 11.9. The van der Waals surface area contributed by atoms with E-state index in [0.717, 1.165) is 18.4 Å². The number of hydrogen-bond donors (Lipinski definition) is 3. The van der Waals surface area contributed by atoms with Crippen molar-refractivity contribution >= 4 is 32.9 Å². The van der Waals surface area contributed by atoms with Crippen LogP contribution in [0.4, 0.5) is 0 Å². The molecule has 0 atom stereocenters. The van der Waals surface area contributed by atoms with Crippen LogP contribution in [0.2, 0.25) is 0 Å². The maximum Gasteiger partial charge on any atom is 0.204 e. The topological polar surface area (TPSA) is 113 Å². The Morgan fingerprint density at radius 1 is 1.00 bits per heavy atom. The molecule has 2 aromatic heterocycles. The molecule has 7 nitrogen and oxygen atoms in total. The van der Waals surface area contributed by atoms with Gasteiger partial charge < -0.3 is 28.9 Å². The van der Waals surface area contributed by atoms with Crippen molar-refractivity contribution in [3.63, 3.8) is 0 Å². The summed E-state index contributed by atoms with van der Waals surface area (Å²) in [6.07, 6.45) is 6.29. The van der Waals surface area contributed by atoms with Crippen LogP contribution in [-0.4, -0.2) is 22.4 Å². The van der Waals surface area contributed by atoms with Crippen LogP contribution in [-0.2, 0) is 12.0 Å². The molecule has 0 unspecified atom stereocenters. The first kappa shape index (κ1) is 25.4. The van der Waals surface area contributed by atoms with E-state index >= 15 is 0 Å². The van der Waals surface area contributed by atoms with E-state index in [1.807, 2.05) is 13.0 Å². The third-order valence-corrected chi connectivity index (χ3v) is 6.31. The summed E-state index contributed by atoms with van der Waals surface area (Å²) in [5.74, 6) is -0.000855. The van der Waals surface area contributed by atoms with Crippen molar-refractivity contribution < 1.29 is 28.9 Å². The van der Waals surface area contributed by atoms with Gasteiger partial charge in [0.05, 0.1) is 17.9 Å². The van der Waals surface area contributed by atoms with Crippen LogP contribution in [0.1, 0.15) is 58.8 Å². The average molecular weight is 493 g/mol. The first-order valence-electron chi connectivity index (χ1n) is 11.9. The summed E-state index contributed by atoms with van der Waals surface area (Å²) in [4.78, 5) is 13.8. The van der Waals surface area contributed by atoms with Gasteiger partial charge in [0.2, 0.25) is 5.43 Å². The third kappa shape index (κ3) is 4.58. The molecule has 0 saturated heterocycles. The van der Waals surface area contributed by atoms with Crippen LogP contribution in [0.15, 0.2) is 55.1 Å². The lowest BCUT2D eigenvalue weighted by Crippen LogP contribution is -2.13. The van der Waals surface area contributed by atoms with Gasteiger partial charge in [-0.3, -0.25) is 4.79 Å². The number of methoxy groups -OCH3 is 1. The number of furan rings is 1. The number of allylic oxidation sites excluding steroid dienone is 4. The van der Waals surface area contributed by atoms with Gasteiger partial charge in [0.15, 0.2) is 11.5 Å². The van der Waals surface area contributed by atoms with Gasteiger partial charge >= 0.3 is 0 Å². The van der Waals surface area contributed by atoms with Crippen LogP contribution in [0.25, 0.3) is 32.9 Å². The molecule has 36 heavy (non-hydrogen) atoms. The minimum atomic E-state index is -1.28. The maximum atomic E-state index is 13.8. The SMILES string of the molecule is COc1c(O)cc2oc3cc4oc(C(C)(C)O)cc4c(O)c3c(=O)c2c1C/C=C(\C)CCC=C(C)C. The minimum Gasteiger partial charge on any atom is -0.506 e. The largest absolute Gasteiger partial charge is 0.506 e. The molecule has 2 heterocycles. The molecule has 2 aromatic carbocycles. The number of hydrogen-bond acceptors (Lipinski definition) is 7. The highest BCUT2D eigenvalue weighted by atomic mass is 16.5. The van der Waals surface area contributed by atoms with Crippen molar-refractivity contribution in [2.24, 2.45) is 0 Å². The van der Waals surface area contributed by atoms with Gasteiger partial charge in [-0.25, -0.2) is 0 Å². The summed E-state index contributed by atoms with van der Waals surface area (Å²) in [6, 6.07) is 4.37. The lowest BCUT2D eigenvalue weighted by Gasteiger charge is -2.13. The molecule has 4 rings (SSSR count). The quantitative estimate of drug-likeness (QED) is 0.197. The molecular formula is C29H32O7. The highest BCUT2D eigenvalue weighted by Gasteiger charge is 2.26. The molecule has 0 radical (unpaired) electrons. The van der Waals surface area contributed by atoms with Crippen molar-refractivity contribution in [2.75, 3.05) is 7.11 Å². The van der Waals surface area contributed by atoms with Crippen LogP contribution < -0.4 is 10.2 Å². The zero-order chi connectivity index (χ0) is 26.4. The zero-order valence-corrected chi connectivity index (χ0v) is 21.5. The monoisotopic (exact) mass is 492 g/mol. The Labute approximate surface area is 208 Å². The van der Waals surface area contributed by atoms with E-state index < -0.39 is 11.0 Å².